The van der Waals surface area contributed by atoms with Crippen LogP contribution in [0.3, 0.4) is 0 Å². The fourth-order valence-electron chi connectivity index (χ4n) is 2.57. The van der Waals surface area contributed by atoms with Crippen LogP contribution in [0.25, 0.3) is 0 Å². The average molecular weight is 248 g/mol. The molecule has 0 aromatic heterocycles. The van der Waals surface area contributed by atoms with E-state index >= 15 is 0 Å². The van der Waals surface area contributed by atoms with Gasteiger partial charge in [0.15, 0.2) is 0 Å². The van der Waals surface area contributed by atoms with Crippen LogP contribution in [0.4, 0.5) is 0 Å². The third-order valence-electron chi connectivity index (χ3n) is 3.71. The monoisotopic (exact) mass is 248 g/mol. The van der Waals surface area contributed by atoms with Gasteiger partial charge in [-0.3, -0.25) is 4.90 Å². The zero-order chi connectivity index (χ0) is 13.0. The van der Waals surface area contributed by atoms with Crippen molar-refractivity contribution in [3.05, 3.63) is 35.9 Å². The Balaban J connectivity index is 2.06. The number of aliphatic hydroxyl groups is 1. The normalized spacial score (nSPS) is 24.1. The number of piperazine rings is 1. The quantitative estimate of drug-likeness (QED) is 0.879. The molecule has 1 aromatic rings. The van der Waals surface area contributed by atoms with Crippen molar-refractivity contribution < 1.29 is 5.11 Å². The molecule has 3 nitrogen and oxygen atoms in total. The van der Waals surface area contributed by atoms with Crippen molar-refractivity contribution in [2.45, 2.75) is 25.5 Å². The number of hydrogen-bond acceptors (Lipinski definition) is 3. The van der Waals surface area contributed by atoms with Crippen LogP contribution in [0, 0.1) is 0 Å². The average Bonchev–Trinajstić information content (AvgIpc) is 2.38. The molecule has 18 heavy (non-hydrogen) atoms. The lowest BCUT2D eigenvalue weighted by Gasteiger charge is -2.40. The Hall–Kier alpha value is -0.900. The molecule has 1 heterocycles. The van der Waals surface area contributed by atoms with E-state index < -0.39 is 0 Å². The summed E-state index contributed by atoms with van der Waals surface area (Å²) in [5.74, 6) is 0. The maximum atomic E-state index is 9.45. The van der Waals surface area contributed by atoms with E-state index in [1.54, 1.807) is 0 Å². The highest BCUT2D eigenvalue weighted by molar-refractivity contribution is 5.20. The fraction of sp³-hybridized carbons (Fsp3) is 0.600. The van der Waals surface area contributed by atoms with Gasteiger partial charge >= 0.3 is 0 Å². The Bertz CT molecular complexity index is 353. The minimum atomic E-state index is -0.207. The first-order valence-corrected chi connectivity index (χ1v) is 6.82. The molecule has 1 aromatic carbocycles. The van der Waals surface area contributed by atoms with Crippen molar-refractivity contribution in [3.63, 3.8) is 0 Å². The number of benzene rings is 1. The van der Waals surface area contributed by atoms with Crippen LogP contribution in [0.1, 0.15) is 24.9 Å². The Morgan fingerprint density at radius 2 is 2.00 bits per heavy atom. The minimum Gasteiger partial charge on any atom is -0.393 e. The molecule has 0 amide bonds. The van der Waals surface area contributed by atoms with E-state index in [0.717, 1.165) is 32.6 Å². The van der Waals surface area contributed by atoms with E-state index in [1.165, 1.54) is 5.56 Å². The smallest absolute Gasteiger partial charge is 0.0524 e. The molecule has 0 bridgehead atoms. The minimum absolute atomic E-state index is 0.207. The molecule has 0 radical (unpaired) electrons. The third-order valence-corrected chi connectivity index (χ3v) is 3.71. The first kappa shape index (κ1) is 13.5. The van der Waals surface area contributed by atoms with Gasteiger partial charge in [-0.25, -0.2) is 0 Å². The molecular formula is C15H24N2O. The molecule has 0 saturated carbocycles. The van der Waals surface area contributed by atoms with Gasteiger partial charge in [-0.2, -0.15) is 0 Å². The first-order chi connectivity index (χ1) is 8.66. The Labute approximate surface area is 110 Å². The standard InChI is InChI=1S/C15H24N2O/c1-13(18)8-9-17-11-10-16(2)12-15(17)14-6-4-3-5-7-14/h3-7,13,15,18H,8-12H2,1-2H3. The molecule has 100 valence electrons. The number of aliphatic hydroxyl groups excluding tert-OH is 1. The molecule has 0 spiro atoms. The predicted molar refractivity (Wildman–Crippen MR) is 74.6 cm³/mol. The molecule has 1 aliphatic rings. The van der Waals surface area contributed by atoms with Gasteiger partial charge in [0, 0.05) is 32.2 Å². The van der Waals surface area contributed by atoms with Gasteiger partial charge in [-0.15, -0.1) is 0 Å². The second-order valence-corrected chi connectivity index (χ2v) is 5.36. The van der Waals surface area contributed by atoms with Crippen LogP contribution in [0.15, 0.2) is 30.3 Å². The highest BCUT2D eigenvalue weighted by Crippen LogP contribution is 2.24. The van der Waals surface area contributed by atoms with Gasteiger partial charge in [0.1, 0.15) is 0 Å². The van der Waals surface area contributed by atoms with E-state index in [2.05, 4.69) is 47.2 Å². The summed E-state index contributed by atoms with van der Waals surface area (Å²) in [6.45, 7) is 6.12. The largest absolute Gasteiger partial charge is 0.393 e. The van der Waals surface area contributed by atoms with Crippen LogP contribution in [-0.2, 0) is 0 Å². The van der Waals surface area contributed by atoms with Gasteiger partial charge in [0.2, 0.25) is 0 Å². The zero-order valence-corrected chi connectivity index (χ0v) is 11.4. The van der Waals surface area contributed by atoms with Crippen LogP contribution in [-0.4, -0.2) is 54.2 Å². The van der Waals surface area contributed by atoms with Crippen molar-refractivity contribution in [2.24, 2.45) is 0 Å². The molecule has 1 saturated heterocycles. The molecule has 3 heteroatoms. The van der Waals surface area contributed by atoms with Crippen molar-refractivity contribution in [3.8, 4) is 0 Å². The summed E-state index contributed by atoms with van der Waals surface area (Å²) >= 11 is 0. The topological polar surface area (TPSA) is 26.7 Å². The van der Waals surface area contributed by atoms with Gasteiger partial charge in [0.25, 0.3) is 0 Å². The Kier molecular flexibility index (Phi) is 4.75. The Morgan fingerprint density at radius 3 is 2.67 bits per heavy atom. The van der Waals surface area contributed by atoms with E-state index in [0.29, 0.717) is 6.04 Å². The zero-order valence-electron chi connectivity index (χ0n) is 11.4. The van der Waals surface area contributed by atoms with Gasteiger partial charge in [-0.1, -0.05) is 30.3 Å². The van der Waals surface area contributed by atoms with E-state index in [-0.39, 0.29) is 6.10 Å². The second kappa shape index (κ2) is 6.32. The van der Waals surface area contributed by atoms with Crippen LogP contribution in [0.5, 0.6) is 0 Å². The maximum Gasteiger partial charge on any atom is 0.0524 e. The van der Waals surface area contributed by atoms with Gasteiger partial charge in [-0.05, 0) is 26.0 Å². The maximum absolute atomic E-state index is 9.45. The van der Waals surface area contributed by atoms with Crippen molar-refractivity contribution in [1.29, 1.82) is 0 Å². The Morgan fingerprint density at radius 1 is 1.28 bits per heavy atom. The summed E-state index contributed by atoms with van der Waals surface area (Å²) < 4.78 is 0. The van der Waals surface area contributed by atoms with Crippen molar-refractivity contribution >= 4 is 0 Å². The van der Waals surface area contributed by atoms with Gasteiger partial charge in [0.05, 0.1) is 6.10 Å². The third kappa shape index (κ3) is 3.55. The molecule has 1 N–H and O–H groups in total. The highest BCUT2D eigenvalue weighted by Gasteiger charge is 2.26. The molecular weight excluding hydrogens is 224 g/mol. The lowest BCUT2D eigenvalue weighted by atomic mass is 10.0. The summed E-state index contributed by atoms with van der Waals surface area (Å²) in [7, 11) is 2.18. The van der Waals surface area contributed by atoms with E-state index in [4.69, 9.17) is 0 Å². The lowest BCUT2D eigenvalue weighted by Crippen LogP contribution is -2.47. The van der Waals surface area contributed by atoms with Gasteiger partial charge < -0.3 is 10.0 Å². The second-order valence-electron chi connectivity index (χ2n) is 5.36. The molecule has 2 rings (SSSR count). The number of hydrogen-bond donors (Lipinski definition) is 1. The summed E-state index contributed by atoms with van der Waals surface area (Å²) in [6, 6.07) is 11.2. The summed E-state index contributed by atoms with van der Waals surface area (Å²) in [6.07, 6.45) is 0.647. The summed E-state index contributed by atoms with van der Waals surface area (Å²) in [5, 5.41) is 9.45. The molecule has 1 fully saturated rings. The number of rotatable bonds is 4. The van der Waals surface area contributed by atoms with E-state index in [1.807, 2.05) is 6.92 Å². The molecule has 2 unspecified atom stereocenters. The SMILES string of the molecule is CC(O)CCN1CCN(C)CC1c1ccccc1. The highest BCUT2D eigenvalue weighted by atomic mass is 16.3. The molecule has 1 aliphatic heterocycles. The summed E-state index contributed by atoms with van der Waals surface area (Å²) in [5.41, 5.74) is 1.38. The van der Waals surface area contributed by atoms with Crippen molar-refractivity contribution in [2.75, 3.05) is 33.2 Å². The predicted octanol–water partition coefficient (Wildman–Crippen LogP) is 1.75. The summed E-state index contributed by atoms with van der Waals surface area (Å²) in [4.78, 5) is 4.89. The fourth-order valence-corrected chi connectivity index (χ4v) is 2.57. The lowest BCUT2D eigenvalue weighted by molar-refractivity contribution is 0.0724. The molecule has 0 aliphatic carbocycles. The van der Waals surface area contributed by atoms with Crippen LogP contribution >= 0.6 is 0 Å². The van der Waals surface area contributed by atoms with E-state index in [9.17, 15) is 5.11 Å². The van der Waals surface area contributed by atoms with Crippen LogP contribution in [0.2, 0.25) is 0 Å². The number of likely N-dealkylation sites (N-methyl/N-ethyl adjacent to an activating group) is 1. The molecule has 2 atom stereocenters. The van der Waals surface area contributed by atoms with Crippen LogP contribution < -0.4 is 0 Å². The number of nitrogens with zero attached hydrogens (tertiary/aromatic N) is 2. The first-order valence-electron chi connectivity index (χ1n) is 6.82. The van der Waals surface area contributed by atoms with Crippen molar-refractivity contribution in [1.82, 2.24) is 9.80 Å².